The first-order chi connectivity index (χ1) is 9.52. The Hall–Kier alpha value is -1.89. The minimum absolute atomic E-state index is 0.0689. The van der Waals surface area contributed by atoms with E-state index in [1.165, 1.54) is 16.9 Å². The summed E-state index contributed by atoms with van der Waals surface area (Å²) in [5.74, 6) is -0.921. The van der Waals surface area contributed by atoms with E-state index in [9.17, 15) is 9.18 Å². The molecule has 0 aliphatic rings. The molecule has 2 N–H and O–H groups in total. The van der Waals surface area contributed by atoms with Crippen LogP contribution < -0.4 is 5.73 Å². The van der Waals surface area contributed by atoms with Crippen molar-refractivity contribution >= 4 is 27.6 Å². The van der Waals surface area contributed by atoms with Gasteiger partial charge in [0.15, 0.2) is 5.69 Å². The van der Waals surface area contributed by atoms with Gasteiger partial charge in [0.25, 0.3) is 0 Å². The van der Waals surface area contributed by atoms with E-state index in [0.29, 0.717) is 16.6 Å². The molecule has 0 saturated heterocycles. The lowest BCUT2D eigenvalue weighted by molar-refractivity contribution is 0.0519. The summed E-state index contributed by atoms with van der Waals surface area (Å²) in [7, 11) is 0. The molecular weight excluding hydrogens is 329 g/mol. The number of nitrogens with two attached hydrogens (primary N) is 1. The molecule has 0 bridgehead atoms. The molecule has 0 aliphatic heterocycles. The number of anilines is 1. The summed E-state index contributed by atoms with van der Waals surface area (Å²) in [4.78, 5) is 11.6. The molecule has 0 radical (unpaired) electrons. The topological polar surface area (TPSA) is 70.1 Å². The second kappa shape index (κ2) is 6.04. The number of hydrogen-bond acceptors (Lipinski definition) is 4. The maximum Gasteiger partial charge on any atom is 0.361 e. The minimum atomic E-state index is -0.568. The van der Waals surface area contributed by atoms with E-state index >= 15 is 0 Å². The Morgan fingerprint density at radius 3 is 3.00 bits per heavy atom. The number of carbonyl (C=O) groups excluding carboxylic acids is 1. The van der Waals surface area contributed by atoms with Gasteiger partial charge in [-0.3, -0.25) is 4.68 Å². The third-order valence-corrected chi connectivity index (χ3v) is 3.51. The van der Waals surface area contributed by atoms with Crippen molar-refractivity contribution < 1.29 is 13.9 Å². The van der Waals surface area contributed by atoms with Gasteiger partial charge >= 0.3 is 5.97 Å². The van der Waals surface area contributed by atoms with Gasteiger partial charge in [0.1, 0.15) is 5.82 Å². The lowest BCUT2D eigenvalue weighted by Gasteiger charge is -2.05. The summed E-state index contributed by atoms with van der Waals surface area (Å²) in [5.41, 5.74) is 6.72. The van der Waals surface area contributed by atoms with Crippen LogP contribution in [-0.2, 0) is 11.3 Å². The van der Waals surface area contributed by atoms with Gasteiger partial charge in [-0.1, -0.05) is 12.1 Å². The van der Waals surface area contributed by atoms with Crippen LogP contribution in [0.2, 0.25) is 0 Å². The monoisotopic (exact) mass is 341 g/mol. The van der Waals surface area contributed by atoms with E-state index in [1.807, 2.05) is 0 Å². The Kier molecular flexibility index (Phi) is 4.39. The highest BCUT2D eigenvalue weighted by atomic mass is 79.9. The van der Waals surface area contributed by atoms with Crippen LogP contribution in [0.3, 0.4) is 0 Å². The molecule has 2 aromatic rings. The van der Waals surface area contributed by atoms with Gasteiger partial charge in [-0.25, -0.2) is 9.18 Å². The minimum Gasteiger partial charge on any atom is -0.461 e. The molecule has 20 heavy (non-hydrogen) atoms. The number of benzene rings is 1. The van der Waals surface area contributed by atoms with Crippen LogP contribution in [0, 0.1) is 5.82 Å². The maximum absolute atomic E-state index is 13.4. The van der Waals surface area contributed by atoms with Crippen molar-refractivity contribution in [2.24, 2.45) is 0 Å². The second-order valence-corrected chi connectivity index (χ2v) is 4.86. The van der Waals surface area contributed by atoms with Crippen molar-refractivity contribution in [3.05, 3.63) is 45.9 Å². The molecule has 1 heterocycles. The highest BCUT2D eigenvalue weighted by Crippen LogP contribution is 2.22. The molecule has 7 heteroatoms. The molecule has 1 aromatic carbocycles. The fourth-order valence-corrected chi connectivity index (χ4v) is 2.11. The van der Waals surface area contributed by atoms with Crippen molar-refractivity contribution in [2.45, 2.75) is 13.5 Å². The third-order valence-electron chi connectivity index (χ3n) is 2.62. The number of carbonyl (C=O) groups is 1. The highest BCUT2D eigenvalue weighted by Gasteiger charge is 2.16. The Balaban J connectivity index is 2.25. The number of ether oxygens (including phenoxy) is 1. The van der Waals surface area contributed by atoms with Gasteiger partial charge in [-0.2, -0.15) is 5.10 Å². The van der Waals surface area contributed by atoms with E-state index in [2.05, 4.69) is 21.0 Å². The van der Waals surface area contributed by atoms with Gasteiger partial charge in [0, 0.05) is 6.20 Å². The smallest absolute Gasteiger partial charge is 0.361 e. The first-order valence-electron chi connectivity index (χ1n) is 5.95. The van der Waals surface area contributed by atoms with Gasteiger partial charge in [-0.05, 0) is 34.5 Å². The predicted octanol–water partition coefficient (Wildman–Crippen LogP) is 2.59. The number of nitrogen functional groups attached to an aromatic ring is 1. The number of esters is 1. The molecule has 0 unspecified atom stereocenters. The second-order valence-electron chi connectivity index (χ2n) is 4.06. The fraction of sp³-hybridized carbons (Fsp3) is 0.231. The zero-order valence-electron chi connectivity index (χ0n) is 10.8. The average molecular weight is 342 g/mol. The number of nitrogens with zero attached hydrogens (tertiary/aromatic N) is 2. The Morgan fingerprint density at radius 2 is 2.30 bits per heavy atom. The van der Waals surface area contributed by atoms with E-state index in [-0.39, 0.29) is 23.8 Å². The number of hydrogen-bond donors (Lipinski definition) is 1. The molecule has 0 atom stereocenters. The number of aromatic nitrogens is 2. The zero-order chi connectivity index (χ0) is 14.7. The van der Waals surface area contributed by atoms with Crippen LogP contribution in [-0.4, -0.2) is 22.4 Å². The molecule has 0 amide bonds. The summed E-state index contributed by atoms with van der Waals surface area (Å²) in [6.45, 7) is 2.25. The number of halogens is 2. The number of rotatable bonds is 4. The first kappa shape index (κ1) is 14.5. The van der Waals surface area contributed by atoms with Crippen molar-refractivity contribution in [2.75, 3.05) is 12.3 Å². The molecule has 1 aromatic heterocycles. The summed E-state index contributed by atoms with van der Waals surface area (Å²) in [6, 6.07) is 4.72. The van der Waals surface area contributed by atoms with Crippen LogP contribution in [0.1, 0.15) is 23.0 Å². The molecule has 2 rings (SSSR count). The first-order valence-corrected chi connectivity index (χ1v) is 6.75. The van der Waals surface area contributed by atoms with Crippen molar-refractivity contribution in [1.82, 2.24) is 9.78 Å². The quantitative estimate of drug-likeness (QED) is 0.867. The van der Waals surface area contributed by atoms with Crippen LogP contribution >= 0.6 is 15.9 Å². The molecule has 0 fully saturated rings. The maximum atomic E-state index is 13.4. The summed E-state index contributed by atoms with van der Waals surface area (Å²) in [5, 5.41) is 4.07. The van der Waals surface area contributed by atoms with Gasteiger partial charge < -0.3 is 10.5 Å². The van der Waals surface area contributed by atoms with Gasteiger partial charge in [0.05, 0.1) is 23.3 Å². The molecule has 0 saturated carbocycles. The van der Waals surface area contributed by atoms with Crippen molar-refractivity contribution in [3.63, 3.8) is 0 Å². The van der Waals surface area contributed by atoms with Crippen LogP contribution in [0.15, 0.2) is 28.9 Å². The highest BCUT2D eigenvalue weighted by molar-refractivity contribution is 9.10. The van der Waals surface area contributed by atoms with Gasteiger partial charge in [-0.15, -0.1) is 0 Å². The standard InChI is InChI=1S/C13H13BrFN3O2/c1-2-20-13(19)12-10(16)7-18(17-12)6-8-4-3-5-9(15)11(8)14/h3-5,7H,2,6,16H2,1H3. The van der Waals surface area contributed by atoms with Crippen molar-refractivity contribution in [1.29, 1.82) is 0 Å². The Labute approximate surface area is 123 Å². The summed E-state index contributed by atoms with van der Waals surface area (Å²) >= 11 is 3.18. The lowest BCUT2D eigenvalue weighted by atomic mass is 10.2. The predicted molar refractivity (Wildman–Crippen MR) is 75.8 cm³/mol. The normalized spacial score (nSPS) is 10.6. The van der Waals surface area contributed by atoms with Crippen LogP contribution in [0.5, 0.6) is 0 Å². The molecule has 0 spiro atoms. The molecule has 106 valence electrons. The Morgan fingerprint density at radius 1 is 1.55 bits per heavy atom. The summed E-state index contributed by atoms with van der Waals surface area (Å²) < 4.78 is 20.1. The van der Waals surface area contributed by atoms with E-state index < -0.39 is 5.97 Å². The lowest BCUT2D eigenvalue weighted by Crippen LogP contribution is -2.09. The Bertz CT molecular complexity index is 643. The largest absolute Gasteiger partial charge is 0.461 e. The third kappa shape index (κ3) is 2.98. The van der Waals surface area contributed by atoms with Gasteiger partial charge in [0.2, 0.25) is 0 Å². The SMILES string of the molecule is CCOC(=O)c1nn(Cc2cccc(F)c2Br)cc1N. The molecule has 0 aliphatic carbocycles. The van der Waals surface area contributed by atoms with E-state index in [1.54, 1.807) is 19.1 Å². The average Bonchev–Trinajstić information content (AvgIpc) is 2.76. The fourth-order valence-electron chi connectivity index (χ4n) is 1.72. The van der Waals surface area contributed by atoms with Crippen LogP contribution in [0.4, 0.5) is 10.1 Å². The van der Waals surface area contributed by atoms with E-state index in [0.717, 1.165) is 0 Å². The van der Waals surface area contributed by atoms with E-state index in [4.69, 9.17) is 10.5 Å². The van der Waals surface area contributed by atoms with Crippen molar-refractivity contribution in [3.8, 4) is 0 Å². The summed E-state index contributed by atoms with van der Waals surface area (Å²) in [6.07, 6.45) is 1.52. The molecule has 5 nitrogen and oxygen atoms in total. The van der Waals surface area contributed by atoms with Crippen LogP contribution in [0.25, 0.3) is 0 Å². The molecular formula is C13H13BrFN3O2. The zero-order valence-corrected chi connectivity index (χ0v) is 12.4.